The molecule has 0 aliphatic carbocycles. The van der Waals surface area contributed by atoms with Gasteiger partial charge < -0.3 is 10.2 Å². The Morgan fingerprint density at radius 2 is 1.34 bits per heavy atom. The minimum Gasteiger partial charge on any atom is -0.352 e. The lowest BCUT2D eigenvalue weighted by Crippen LogP contribution is -2.54. The van der Waals surface area contributed by atoms with Crippen LogP contribution in [0.25, 0.3) is 0 Å². The van der Waals surface area contributed by atoms with Crippen molar-refractivity contribution in [1.29, 1.82) is 0 Å². The summed E-state index contributed by atoms with van der Waals surface area (Å²) in [5.41, 5.74) is 4.91. The Morgan fingerprint density at radius 3 is 1.93 bits per heavy atom. The lowest BCUT2D eigenvalue weighted by atomic mass is 10.0. The van der Waals surface area contributed by atoms with E-state index in [-0.39, 0.29) is 29.8 Å². The molecule has 4 rings (SSSR count). The maximum atomic E-state index is 14.5. The van der Waals surface area contributed by atoms with Gasteiger partial charge in [0.25, 0.3) is 10.0 Å². The first-order valence-corrected chi connectivity index (χ1v) is 16.2. The van der Waals surface area contributed by atoms with Gasteiger partial charge in [-0.15, -0.1) is 0 Å². The average Bonchev–Trinajstić information content (AvgIpc) is 2.99. The molecule has 0 aliphatic rings. The van der Waals surface area contributed by atoms with Gasteiger partial charge in [0.15, 0.2) is 0 Å². The van der Waals surface area contributed by atoms with Crippen LogP contribution in [-0.4, -0.2) is 43.8 Å². The Kier molecular flexibility index (Phi) is 10.6. The Balaban J connectivity index is 1.82. The van der Waals surface area contributed by atoms with Crippen LogP contribution in [0.1, 0.15) is 41.7 Å². The summed E-state index contributed by atoms with van der Waals surface area (Å²) in [6.07, 6.45) is 0.270. The van der Waals surface area contributed by atoms with Crippen molar-refractivity contribution in [2.24, 2.45) is 0 Å². The summed E-state index contributed by atoms with van der Waals surface area (Å²) < 4.78 is 29.4. The highest BCUT2D eigenvalue weighted by atomic mass is 32.2. The van der Waals surface area contributed by atoms with Crippen LogP contribution in [0.2, 0.25) is 0 Å². The third-order valence-corrected chi connectivity index (χ3v) is 9.18. The first-order valence-electron chi connectivity index (χ1n) is 14.8. The van der Waals surface area contributed by atoms with Crippen molar-refractivity contribution < 1.29 is 18.0 Å². The van der Waals surface area contributed by atoms with Gasteiger partial charge in [0.2, 0.25) is 11.8 Å². The van der Waals surface area contributed by atoms with Crippen LogP contribution >= 0.6 is 0 Å². The third kappa shape index (κ3) is 8.14. The quantitative estimate of drug-likeness (QED) is 0.214. The summed E-state index contributed by atoms with van der Waals surface area (Å²) in [6.45, 7) is 9.15. The molecule has 4 aromatic rings. The van der Waals surface area contributed by atoms with Crippen LogP contribution in [0.15, 0.2) is 108 Å². The lowest BCUT2D eigenvalue weighted by molar-refractivity contribution is -0.140. The minimum atomic E-state index is -4.14. The Morgan fingerprint density at radius 1 is 0.750 bits per heavy atom. The van der Waals surface area contributed by atoms with Crippen molar-refractivity contribution in [3.8, 4) is 0 Å². The van der Waals surface area contributed by atoms with Gasteiger partial charge in [-0.1, -0.05) is 96.1 Å². The highest BCUT2D eigenvalue weighted by Gasteiger charge is 2.35. The topological polar surface area (TPSA) is 86.8 Å². The SMILES string of the molecule is Cc1ccc(CN(C(=O)CN(c2ccc(C)cc2C)S(=O)(=O)c2ccccc2)C(Cc2ccccc2)C(=O)NC(C)C)cc1. The average molecular weight is 612 g/mol. The number of nitrogens with one attached hydrogen (secondary N) is 1. The van der Waals surface area contributed by atoms with E-state index in [1.54, 1.807) is 24.3 Å². The molecule has 0 aromatic heterocycles. The molecule has 2 amide bonds. The number of aryl methyl sites for hydroxylation is 3. The summed E-state index contributed by atoms with van der Waals surface area (Å²) in [4.78, 5) is 29.9. The number of carbonyl (C=O) groups excluding carboxylic acids is 2. The second-order valence-corrected chi connectivity index (χ2v) is 13.4. The fraction of sp³-hybridized carbons (Fsp3) is 0.278. The summed E-state index contributed by atoms with van der Waals surface area (Å²) in [5, 5.41) is 2.99. The van der Waals surface area contributed by atoms with Gasteiger partial charge in [0, 0.05) is 19.0 Å². The van der Waals surface area contributed by atoms with Crippen molar-refractivity contribution in [3.63, 3.8) is 0 Å². The standard InChI is InChI=1S/C36H41N3O4S/c1-26(2)37-36(41)34(23-30-12-8-6-9-13-30)38(24-31-19-16-27(3)17-20-31)35(40)25-39(33-21-18-28(4)22-29(33)5)44(42,43)32-14-10-7-11-15-32/h6-22,26,34H,23-25H2,1-5H3,(H,37,41). The molecule has 44 heavy (non-hydrogen) atoms. The van der Waals surface area contributed by atoms with Crippen molar-refractivity contribution in [3.05, 3.63) is 131 Å². The number of nitrogens with zero attached hydrogens (tertiary/aromatic N) is 2. The van der Waals surface area contributed by atoms with Crippen molar-refractivity contribution >= 4 is 27.5 Å². The van der Waals surface area contributed by atoms with Crippen LogP contribution in [0.5, 0.6) is 0 Å². The largest absolute Gasteiger partial charge is 0.352 e. The molecule has 1 unspecified atom stereocenters. The molecule has 230 valence electrons. The number of benzene rings is 4. The zero-order chi connectivity index (χ0) is 31.9. The normalized spacial score (nSPS) is 12.0. The molecule has 0 spiro atoms. The molecule has 0 bridgehead atoms. The summed E-state index contributed by atoms with van der Waals surface area (Å²) in [7, 11) is -4.14. The fourth-order valence-electron chi connectivity index (χ4n) is 5.14. The number of sulfonamides is 1. The van der Waals surface area contributed by atoms with Crippen LogP contribution in [0, 0.1) is 20.8 Å². The van der Waals surface area contributed by atoms with Gasteiger partial charge in [0.1, 0.15) is 12.6 Å². The monoisotopic (exact) mass is 611 g/mol. The van der Waals surface area contributed by atoms with Gasteiger partial charge in [-0.05, 0) is 69.5 Å². The molecular weight excluding hydrogens is 570 g/mol. The first kappa shape index (κ1) is 32.5. The zero-order valence-electron chi connectivity index (χ0n) is 26.0. The predicted octanol–water partition coefficient (Wildman–Crippen LogP) is 5.97. The molecule has 0 saturated carbocycles. The summed E-state index contributed by atoms with van der Waals surface area (Å²) in [6, 6.07) is 29.8. The number of hydrogen-bond donors (Lipinski definition) is 1. The molecule has 1 N–H and O–H groups in total. The molecule has 0 aliphatic heterocycles. The second kappa shape index (κ2) is 14.4. The highest BCUT2D eigenvalue weighted by Crippen LogP contribution is 2.28. The molecule has 4 aromatic carbocycles. The predicted molar refractivity (Wildman–Crippen MR) is 176 cm³/mol. The second-order valence-electron chi connectivity index (χ2n) is 11.5. The summed E-state index contributed by atoms with van der Waals surface area (Å²) >= 11 is 0. The van der Waals surface area contributed by atoms with Gasteiger partial charge in [-0.2, -0.15) is 0 Å². The fourth-order valence-corrected chi connectivity index (χ4v) is 6.64. The van der Waals surface area contributed by atoms with Crippen LogP contribution in [-0.2, 0) is 32.6 Å². The highest BCUT2D eigenvalue weighted by molar-refractivity contribution is 7.92. The van der Waals surface area contributed by atoms with Gasteiger partial charge in [-0.25, -0.2) is 8.42 Å². The van der Waals surface area contributed by atoms with E-state index in [1.165, 1.54) is 21.3 Å². The van der Waals surface area contributed by atoms with Gasteiger partial charge in [0.05, 0.1) is 10.6 Å². The molecule has 0 saturated heterocycles. The number of amides is 2. The Bertz CT molecular complexity index is 1670. The van der Waals surface area contributed by atoms with E-state index in [0.717, 1.165) is 27.8 Å². The Hall–Kier alpha value is -4.43. The molecule has 7 nitrogen and oxygen atoms in total. The number of carbonyl (C=O) groups is 2. The van der Waals surface area contributed by atoms with Crippen LogP contribution in [0.3, 0.4) is 0 Å². The van der Waals surface area contributed by atoms with Crippen molar-refractivity contribution in [2.45, 2.75) is 64.6 Å². The van der Waals surface area contributed by atoms with Gasteiger partial charge >= 0.3 is 0 Å². The minimum absolute atomic E-state index is 0.0799. The van der Waals surface area contributed by atoms with Crippen molar-refractivity contribution in [2.75, 3.05) is 10.8 Å². The van der Waals surface area contributed by atoms with E-state index < -0.39 is 28.5 Å². The van der Waals surface area contributed by atoms with E-state index in [1.807, 2.05) is 101 Å². The lowest BCUT2D eigenvalue weighted by Gasteiger charge is -2.34. The van der Waals surface area contributed by atoms with Crippen molar-refractivity contribution in [1.82, 2.24) is 10.2 Å². The Labute approximate surface area is 261 Å². The van der Waals surface area contributed by atoms with E-state index in [0.29, 0.717) is 5.69 Å². The van der Waals surface area contributed by atoms with E-state index in [2.05, 4.69) is 5.32 Å². The molecule has 0 heterocycles. The molecule has 1 atom stereocenters. The van der Waals surface area contributed by atoms with E-state index in [9.17, 15) is 18.0 Å². The molecule has 0 radical (unpaired) electrons. The van der Waals surface area contributed by atoms with Crippen LogP contribution in [0.4, 0.5) is 5.69 Å². The first-order chi connectivity index (χ1) is 21.0. The molecule has 0 fully saturated rings. The van der Waals surface area contributed by atoms with Crippen LogP contribution < -0.4 is 9.62 Å². The third-order valence-electron chi connectivity index (χ3n) is 7.41. The number of rotatable bonds is 12. The van der Waals surface area contributed by atoms with E-state index in [4.69, 9.17) is 0 Å². The zero-order valence-corrected chi connectivity index (χ0v) is 26.8. The number of anilines is 1. The van der Waals surface area contributed by atoms with E-state index >= 15 is 0 Å². The van der Waals surface area contributed by atoms with Gasteiger partial charge in [-0.3, -0.25) is 13.9 Å². The smallest absolute Gasteiger partial charge is 0.264 e. The summed E-state index contributed by atoms with van der Waals surface area (Å²) in [5.74, 6) is -0.779. The molecule has 8 heteroatoms. The number of hydrogen-bond acceptors (Lipinski definition) is 4. The maximum absolute atomic E-state index is 14.5. The maximum Gasteiger partial charge on any atom is 0.264 e. The molecular formula is C36H41N3O4S.